The van der Waals surface area contributed by atoms with Crippen LogP contribution >= 0.6 is 0 Å². The van der Waals surface area contributed by atoms with Crippen molar-refractivity contribution in [3.8, 4) is 0 Å². The molecule has 1 aromatic carbocycles. The van der Waals surface area contributed by atoms with Gasteiger partial charge in [-0.3, -0.25) is 14.6 Å². The molecule has 1 aliphatic heterocycles. The van der Waals surface area contributed by atoms with Crippen molar-refractivity contribution >= 4 is 17.5 Å². The van der Waals surface area contributed by atoms with Crippen LogP contribution in [0.3, 0.4) is 0 Å². The van der Waals surface area contributed by atoms with Crippen LogP contribution in [0.15, 0.2) is 36.5 Å². The number of carbonyl (C=O) groups excluding carboxylic acids is 2. The third-order valence-corrected chi connectivity index (χ3v) is 5.19. The zero-order valence-corrected chi connectivity index (χ0v) is 14.3. The molecule has 0 bridgehead atoms. The van der Waals surface area contributed by atoms with E-state index in [0.29, 0.717) is 6.54 Å². The molecule has 1 atom stereocenters. The third kappa shape index (κ3) is 2.90. The molecule has 0 fully saturated rings. The van der Waals surface area contributed by atoms with E-state index in [4.69, 9.17) is 0 Å². The Morgan fingerprint density at radius 1 is 1.32 bits per heavy atom. The lowest BCUT2D eigenvalue weighted by molar-refractivity contribution is -0.127. The van der Waals surface area contributed by atoms with Crippen molar-refractivity contribution in [2.24, 2.45) is 0 Å². The fraction of sp³-hybridized carbons (Fsp3) is 0.350. The van der Waals surface area contributed by atoms with Crippen LogP contribution in [-0.4, -0.2) is 23.8 Å². The van der Waals surface area contributed by atoms with E-state index in [1.807, 2.05) is 30.5 Å². The zero-order valence-electron chi connectivity index (χ0n) is 14.3. The maximum Gasteiger partial charge on any atom is 0.228 e. The first kappa shape index (κ1) is 15.8. The Kier molecular flexibility index (Phi) is 3.99. The van der Waals surface area contributed by atoms with Gasteiger partial charge in [-0.25, -0.2) is 0 Å². The van der Waals surface area contributed by atoms with Crippen molar-refractivity contribution in [1.29, 1.82) is 0 Å². The topological polar surface area (TPSA) is 62.3 Å². The molecule has 1 aromatic heterocycles. The number of anilines is 1. The van der Waals surface area contributed by atoms with Crippen LogP contribution in [-0.2, 0) is 29.0 Å². The fourth-order valence-electron chi connectivity index (χ4n) is 3.76. The smallest absolute Gasteiger partial charge is 0.228 e. The molecule has 0 spiro atoms. The van der Waals surface area contributed by atoms with E-state index in [1.54, 1.807) is 11.9 Å². The standard InChI is InChI=1S/C20H21N3O2/c1-23-18-8-3-2-6-15(18)16(10-19(23)24)20(25)22-12-13-9-14-5-4-7-17(14)21-11-13/h2-3,6,8-9,11,16H,4-5,7,10,12H2,1H3,(H,22,25)/t16-/m1/s1. The number of rotatable bonds is 3. The van der Waals surface area contributed by atoms with Crippen molar-refractivity contribution in [2.45, 2.75) is 38.1 Å². The molecule has 0 radical (unpaired) electrons. The van der Waals surface area contributed by atoms with Gasteiger partial charge in [0.15, 0.2) is 0 Å². The molecule has 2 aliphatic rings. The van der Waals surface area contributed by atoms with Crippen molar-refractivity contribution in [3.63, 3.8) is 0 Å². The van der Waals surface area contributed by atoms with Gasteiger partial charge in [0.05, 0.1) is 5.92 Å². The molecule has 0 unspecified atom stereocenters. The van der Waals surface area contributed by atoms with Gasteiger partial charge < -0.3 is 10.2 Å². The highest BCUT2D eigenvalue weighted by Crippen LogP contribution is 2.35. The Hall–Kier alpha value is -2.69. The van der Waals surface area contributed by atoms with Gasteiger partial charge in [0, 0.05) is 37.6 Å². The molecule has 2 aromatic rings. The Labute approximate surface area is 147 Å². The van der Waals surface area contributed by atoms with E-state index in [9.17, 15) is 9.59 Å². The average molecular weight is 335 g/mol. The highest BCUT2D eigenvalue weighted by atomic mass is 16.2. The van der Waals surface area contributed by atoms with Crippen LogP contribution in [0.2, 0.25) is 0 Å². The first-order valence-electron chi connectivity index (χ1n) is 8.73. The van der Waals surface area contributed by atoms with Crippen LogP contribution in [0.25, 0.3) is 0 Å². The largest absolute Gasteiger partial charge is 0.351 e. The summed E-state index contributed by atoms with van der Waals surface area (Å²) in [4.78, 5) is 31.1. The molecule has 2 heterocycles. The number of aryl methyl sites for hydroxylation is 2. The molecule has 25 heavy (non-hydrogen) atoms. The van der Waals surface area contributed by atoms with Gasteiger partial charge in [-0.05, 0) is 42.0 Å². The number of benzene rings is 1. The SMILES string of the molecule is CN1C(=O)C[C@@H](C(=O)NCc2cnc3c(c2)CCC3)c2ccccc21. The predicted molar refractivity (Wildman–Crippen MR) is 95.3 cm³/mol. The first-order chi connectivity index (χ1) is 12.1. The molecule has 0 saturated carbocycles. The van der Waals surface area contributed by atoms with E-state index >= 15 is 0 Å². The number of nitrogens with one attached hydrogen (secondary N) is 1. The number of nitrogens with zero attached hydrogens (tertiary/aromatic N) is 2. The lowest BCUT2D eigenvalue weighted by Gasteiger charge is -2.30. The van der Waals surface area contributed by atoms with Crippen LogP contribution < -0.4 is 10.2 Å². The van der Waals surface area contributed by atoms with E-state index in [0.717, 1.165) is 36.1 Å². The molecule has 1 aliphatic carbocycles. The maximum absolute atomic E-state index is 12.7. The second kappa shape index (κ2) is 6.31. The minimum absolute atomic E-state index is 0.0296. The number of carbonyl (C=O) groups is 2. The quantitative estimate of drug-likeness (QED) is 0.936. The Morgan fingerprint density at radius 3 is 3.04 bits per heavy atom. The van der Waals surface area contributed by atoms with Gasteiger partial charge in [-0.2, -0.15) is 0 Å². The van der Waals surface area contributed by atoms with Crippen molar-refractivity contribution in [3.05, 3.63) is 58.9 Å². The summed E-state index contributed by atoms with van der Waals surface area (Å²) >= 11 is 0. The second-order valence-corrected chi connectivity index (χ2v) is 6.79. The molecular weight excluding hydrogens is 314 g/mol. The molecule has 1 N–H and O–H groups in total. The summed E-state index contributed by atoms with van der Waals surface area (Å²) in [6, 6.07) is 9.76. The van der Waals surface area contributed by atoms with Crippen molar-refractivity contribution < 1.29 is 9.59 Å². The van der Waals surface area contributed by atoms with Gasteiger partial charge in [-0.15, -0.1) is 0 Å². The Bertz CT molecular complexity index is 847. The summed E-state index contributed by atoms with van der Waals surface area (Å²) in [6.07, 6.45) is 5.34. The molecule has 128 valence electrons. The number of aromatic nitrogens is 1. The summed E-state index contributed by atoms with van der Waals surface area (Å²) in [5.74, 6) is -0.560. The summed E-state index contributed by atoms with van der Waals surface area (Å²) in [6.45, 7) is 0.446. The van der Waals surface area contributed by atoms with Gasteiger partial charge >= 0.3 is 0 Å². The third-order valence-electron chi connectivity index (χ3n) is 5.19. The molecule has 4 rings (SSSR count). The number of hydrogen-bond donors (Lipinski definition) is 1. The van der Waals surface area contributed by atoms with Crippen LogP contribution in [0.5, 0.6) is 0 Å². The Morgan fingerprint density at radius 2 is 2.16 bits per heavy atom. The van der Waals surface area contributed by atoms with Gasteiger partial charge in [0.25, 0.3) is 0 Å². The number of hydrogen-bond acceptors (Lipinski definition) is 3. The van der Waals surface area contributed by atoms with E-state index in [1.165, 1.54) is 11.3 Å². The number of amides is 2. The number of fused-ring (bicyclic) bond motifs is 2. The highest BCUT2D eigenvalue weighted by molar-refractivity contribution is 6.02. The molecule has 5 nitrogen and oxygen atoms in total. The molecule has 2 amide bonds. The maximum atomic E-state index is 12.7. The minimum atomic E-state index is -0.428. The molecular formula is C20H21N3O2. The predicted octanol–water partition coefficient (Wildman–Crippen LogP) is 2.34. The van der Waals surface area contributed by atoms with Crippen molar-refractivity contribution in [1.82, 2.24) is 10.3 Å². The summed E-state index contributed by atoms with van der Waals surface area (Å²) in [5.41, 5.74) is 5.23. The van der Waals surface area contributed by atoms with E-state index < -0.39 is 5.92 Å². The normalized spacial score (nSPS) is 18.7. The number of para-hydroxylation sites is 1. The van der Waals surface area contributed by atoms with Crippen LogP contribution in [0.1, 0.15) is 41.1 Å². The van der Waals surface area contributed by atoms with Gasteiger partial charge in [0.1, 0.15) is 0 Å². The fourth-order valence-corrected chi connectivity index (χ4v) is 3.76. The highest BCUT2D eigenvalue weighted by Gasteiger charge is 2.33. The lowest BCUT2D eigenvalue weighted by Crippen LogP contribution is -2.39. The Balaban J connectivity index is 1.50. The average Bonchev–Trinajstić information content (AvgIpc) is 3.10. The minimum Gasteiger partial charge on any atom is -0.351 e. The van der Waals surface area contributed by atoms with Gasteiger partial charge in [0.2, 0.25) is 11.8 Å². The summed E-state index contributed by atoms with van der Waals surface area (Å²) in [5, 5.41) is 2.99. The number of pyridine rings is 1. The lowest BCUT2D eigenvalue weighted by atomic mass is 9.89. The molecule has 5 heteroatoms. The van der Waals surface area contributed by atoms with Gasteiger partial charge in [-0.1, -0.05) is 24.3 Å². The first-order valence-corrected chi connectivity index (χ1v) is 8.73. The van der Waals surface area contributed by atoms with Crippen LogP contribution in [0.4, 0.5) is 5.69 Å². The van der Waals surface area contributed by atoms with Crippen LogP contribution in [0, 0.1) is 0 Å². The van der Waals surface area contributed by atoms with E-state index in [-0.39, 0.29) is 18.2 Å². The van der Waals surface area contributed by atoms with E-state index in [2.05, 4.69) is 16.4 Å². The zero-order chi connectivity index (χ0) is 17.4. The summed E-state index contributed by atoms with van der Waals surface area (Å²) in [7, 11) is 1.76. The molecule has 0 saturated heterocycles. The monoisotopic (exact) mass is 335 g/mol. The summed E-state index contributed by atoms with van der Waals surface area (Å²) < 4.78 is 0. The van der Waals surface area contributed by atoms with Crippen molar-refractivity contribution in [2.75, 3.05) is 11.9 Å². The second-order valence-electron chi connectivity index (χ2n) is 6.79.